The van der Waals surface area contributed by atoms with Gasteiger partial charge in [-0.1, -0.05) is 19.3 Å². The number of amides is 2. The van der Waals surface area contributed by atoms with E-state index in [-0.39, 0.29) is 18.7 Å². The molecule has 1 aliphatic carbocycles. The van der Waals surface area contributed by atoms with E-state index in [4.69, 9.17) is 0 Å². The average molecular weight is 322 g/mol. The molecule has 1 aromatic rings. The van der Waals surface area contributed by atoms with Crippen molar-refractivity contribution in [2.45, 2.75) is 57.4 Å². The molecular formula is C17H30N4O2. The molecule has 1 heterocycles. The van der Waals surface area contributed by atoms with Gasteiger partial charge < -0.3 is 15.7 Å². The molecule has 1 unspecified atom stereocenters. The summed E-state index contributed by atoms with van der Waals surface area (Å²) in [6.45, 7) is 0.777. The summed E-state index contributed by atoms with van der Waals surface area (Å²) in [7, 11) is 1.90. The Morgan fingerprint density at radius 1 is 1.43 bits per heavy atom. The summed E-state index contributed by atoms with van der Waals surface area (Å²) in [5.74, 6) is 0.511. The largest absolute Gasteiger partial charge is 0.396 e. The van der Waals surface area contributed by atoms with Crippen LogP contribution in [0.4, 0.5) is 4.79 Å². The summed E-state index contributed by atoms with van der Waals surface area (Å²) < 4.78 is 1.79. The molecule has 23 heavy (non-hydrogen) atoms. The highest BCUT2D eigenvalue weighted by Gasteiger charge is 2.24. The number of carbonyl (C=O) groups is 1. The number of aryl methyl sites for hydroxylation is 2. The van der Waals surface area contributed by atoms with Crippen LogP contribution in [-0.4, -0.2) is 40.1 Å². The Hall–Kier alpha value is -1.56. The third kappa shape index (κ3) is 6.22. The van der Waals surface area contributed by atoms with Crippen LogP contribution < -0.4 is 10.6 Å². The van der Waals surface area contributed by atoms with E-state index in [1.54, 1.807) is 4.68 Å². The molecule has 0 saturated heterocycles. The molecule has 1 fully saturated rings. The van der Waals surface area contributed by atoms with Gasteiger partial charge in [0.05, 0.1) is 6.20 Å². The minimum atomic E-state index is -0.111. The molecule has 0 radical (unpaired) electrons. The van der Waals surface area contributed by atoms with E-state index in [0.29, 0.717) is 18.9 Å². The van der Waals surface area contributed by atoms with E-state index in [1.165, 1.54) is 24.8 Å². The summed E-state index contributed by atoms with van der Waals surface area (Å²) in [6, 6.07) is -0.0150. The number of carbonyl (C=O) groups excluding carboxylic acids is 1. The first-order valence-corrected chi connectivity index (χ1v) is 8.82. The number of aromatic nitrogens is 2. The van der Waals surface area contributed by atoms with Gasteiger partial charge in [0.2, 0.25) is 0 Å². The molecule has 1 aromatic heterocycles. The maximum absolute atomic E-state index is 12.1. The lowest BCUT2D eigenvalue weighted by Crippen LogP contribution is -2.46. The number of nitrogens with one attached hydrogen (secondary N) is 2. The Morgan fingerprint density at radius 2 is 2.22 bits per heavy atom. The quantitative estimate of drug-likeness (QED) is 0.640. The van der Waals surface area contributed by atoms with Gasteiger partial charge in [0.25, 0.3) is 0 Å². The minimum absolute atomic E-state index is 0.0959. The van der Waals surface area contributed by atoms with E-state index < -0.39 is 0 Å². The zero-order chi connectivity index (χ0) is 16.5. The molecule has 2 rings (SSSR count). The van der Waals surface area contributed by atoms with Crippen molar-refractivity contribution in [1.82, 2.24) is 20.4 Å². The van der Waals surface area contributed by atoms with Gasteiger partial charge in [-0.25, -0.2) is 4.79 Å². The number of aliphatic hydroxyl groups is 1. The lowest BCUT2D eigenvalue weighted by molar-refractivity contribution is 0.196. The highest BCUT2D eigenvalue weighted by molar-refractivity contribution is 5.74. The number of hydrogen-bond donors (Lipinski definition) is 3. The van der Waals surface area contributed by atoms with Crippen LogP contribution in [0.5, 0.6) is 0 Å². The van der Waals surface area contributed by atoms with Gasteiger partial charge in [-0.3, -0.25) is 4.68 Å². The van der Waals surface area contributed by atoms with Gasteiger partial charge >= 0.3 is 6.03 Å². The SMILES string of the molecule is Cn1cc(CCCNC(=O)NC(CCO)C2CCCCC2)cn1. The second-order valence-electron chi connectivity index (χ2n) is 6.54. The molecule has 1 saturated carbocycles. The second-order valence-corrected chi connectivity index (χ2v) is 6.54. The third-order valence-corrected chi connectivity index (χ3v) is 4.66. The van der Waals surface area contributed by atoms with Gasteiger partial charge in [-0.2, -0.15) is 5.10 Å². The molecule has 1 atom stereocenters. The van der Waals surface area contributed by atoms with Crippen LogP contribution in [0.15, 0.2) is 12.4 Å². The molecule has 0 spiro atoms. The Labute approximate surface area is 138 Å². The summed E-state index contributed by atoms with van der Waals surface area (Å²) in [4.78, 5) is 12.1. The van der Waals surface area contributed by atoms with Crippen molar-refractivity contribution in [1.29, 1.82) is 0 Å². The standard InChI is InChI=1S/C17H30N4O2/c1-21-13-14(12-19-21)6-5-10-18-17(23)20-16(9-11-22)15-7-3-2-4-8-15/h12-13,15-16,22H,2-11H2,1H3,(H2,18,20,23). The Morgan fingerprint density at radius 3 is 2.87 bits per heavy atom. The second kappa shape index (κ2) is 9.55. The Bertz CT molecular complexity index is 469. The number of rotatable bonds is 8. The molecular weight excluding hydrogens is 292 g/mol. The van der Waals surface area contributed by atoms with Crippen molar-refractivity contribution in [3.63, 3.8) is 0 Å². The third-order valence-electron chi connectivity index (χ3n) is 4.66. The number of hydrogen-bond acceptors (Lipinski definition) is 3. The van der Waals surface area contributed by atoms with Crippen LogP contribution in [0, 0.1) is 5.92 Å². The Kier molecular flexibility index (Phi) is 7.39. The predicted octanol–water partition coefficient (Wildman–Crippen LogP) is 1.98. The van der Waals surface area contributed by atoms with E-state index in [1.807, 2.05) is 19.4 Å². The van der Waals surface area contributed by atoms with Gasteiger partial charge in [-0.05, 0) is 43.6 Å². The molecule has 0 aliphatic heterocycles. The summed E-state index contributed by atoms with van der Waals surface area (Å²) in [5.41, 5.74) is 1.19. The molecule has 0 aromatic carbocycles. The summed E-state index contributed by atoms with van der Waals surface area (Å²) in [5, 5.41) is 19.4. The Balaban J connectivity index is 1.66. The highest BCUT2D eigenvalue weighted by atomic mass is 16.3. The van der Waals surface area contributed by atoms with Crippen LogP contribution >= 0.6 is 0 Å². The molecule has 130 valence electrons. The minimum Gasteiger partial charge on any atom is -0.396 e. The van der Waals surface area contributed by atoms with Crippen LogP contribution in [0.25, 0.3) is 0 Å². The normalized spacial score (nSPS) is 17.0. The van der Waals surface area contributed by atoms with Crippen molar-refractivity contribution >= 4 is 6.03 Å². The zero-order valence-electron chi connectivity index (χ0n) is 14.1. The summed E-state index contributed by atoms with van der Waals surface area (Å²) >= 11 is 0. The van der Waals surface area contributed by atoms with E-state index in [2.05, 4.69) is 15.7 Å². The molecule has 1 aliphatic rings. The van der Waals surface area contributed by atoms with Crippen molar-refractivity contribution < 1.29 is 9.90 Å². The van der Waals surface area contributed by atoms with E-state index in [9.17, 15) is 9.90 Å². The van der Waals surface area contributed by atoms with Crippen molar-refractivity contribution in [2.24, 2.45) is 13.0 Å². The molecule has 6 nitrogen and oxygen atoms in total. The monoisotopic (exact) mass is 322 g/mol. The molecule has 2 amide bonds. The van der Waals surface area contributed by atoms with Gasteiger partial charge in [0.1, 0.15) is 0 Å². The lowest BCUT2D eigenvalue weighted by atomic mass is 9.83. The lowest BCUT2D eigenvalue weighted by Gasteiger charge is -2.30. The van der Waals surface area contributed by atoms with E-state index >= 15 is 0 Å². The first-order chi connectivity index (χ1) is 11.2. The average Bonchev–Trinajstić information content (AvgIpc) is 2.97. The smallest absolute Gasteiger partial charge is 0.315 e. The maximum Gasteiger partial charge on any atom is 0.315 e. The predicted molar refractivity (Wildman–Crippen MR) is 90.1 cm³/mol. The van der Waals surface area contributed by atoms with Gasteiger partial charge in [0.15, 0.2) is 0 Å². The molecule has 0 bridgehead atoms. The molecule has 3 N–H and O–H groups in total. The number of nitrogens with zero attached hydrogens (tertiary/aromatic N) is 2. The van der Waals surface area contributed by atoms with E-state index in [0.717, 1.165) is 25.7 Å². The number of urea groups is 1. The van der Waals surface area contributed by atoms with Crippen LogP contribution in [0.1, 0.15) is 50.5 Å². The van der Waals surface area contributed by atoms with Crippen LogP contribution in [0.3, 0.4) is 0 Å². The van der Waals surface area contributed by atoms with Crippen LogP contribution in [0.2, 0.25) is 0 Å². The van der Waals surface area contributed by atoms with Crippen molar-refractivity contribution in [2.75, 3.05) is 13.2 Å². The maximum atomic E-state index is 12.1. The van der Waals surface area contributed by atoms with Gasteiger partial charge in [-0.15, -0.1) is 0 Å². The summed E-state index contributed by atoms with van der Waals surface area (Å²) in [6.07, 6.45) is 12.4. The fourth-order valence-corrected chi connectivity index (χ4v) is 3.42. The van der Waals surface area contributed by atoms with Gasteiger partial charge in [0, 0.05) is 32.4 Å². The first-order valence-electron chi connectivity index (χ1n) is 8.82. The zero-order valence-corrected chi connectivity index (χ0v) is 14.1. The fraction of sp³-hybridized carbons (Fsp3) is 0.765. The van der Waals surface area contributed by atoms with Crippen molar-refractivity contribution in [3.8, 4) is 0 Å². The fourth-order valence-electron chi connectivity index (χ4n) is 3.42. The number of aliphatic hydroxyl groups excluding tert-OH is 1. The molecule has 6 heteroatoms. The van der Waals surface area contributed by atoms with Crippen molar-refractivity contribution in [3.05, 3.63) is 18.0 Å². The van der Waals surface area contributed by atoms with Crippen LogP contribution in [-0.2, 0) is 13.5 Å². The first kappa shape index (κ1) is 17.8. The topological polar surface area (TPSA) is 79.2 Å². The highest BCUT2D eigenvalue weighted by Crippen LogP contribution is 2.27.